The number of nitrogens with one attached hydrogen (secondary N) is 1. The third-order valence-electron chi connectivity index (χ3n) is 6.49. The minimum absolute atomic E-state index is 0.0104. The van der Waals surface area contributed by atoms with Gasteiger partial charge >= 0.3 is 0 Å². The van der Waals surface area contributed by atoms with Crippen molar-refractivity contribution in [2.24, 2.45) is 14.1 Å². The van der Waals surface area contributed by atoms with Crippen LogP contribution in [0.4, 0.5) is 5.69 Å². The number of fused-ring (bicyclic) bond motifs is 2. The van der Waals surface area contributed by atoms with Crippen LogP contribution >= 0.6 is 0 Å². The van der Waals surface area contributed by atoms with Gasteiger partial charge in [0.05, 0.1) is 23.3 Å². The molecule has 0 saturated carbocycles. The molecule has 0 aliphatic heterocycles. The van der Waals surface area contributed by atoms with Crippen LogP contribution in [0.1, 0.15) is 18.5 Å². The van der Waals surface area contributed by atoms with E-state index < -0.39 is 0 Å². The molecule has 0 aliphatic carbocycles. The van der Waals surface area contributed by atoms with Crippen LogP contribution in [0.15, 0.2) is 85.8 Å². The summed E-state index contributed by atoms with van der Waals surface area (Å²) < 4.78 is 3.95. The maximum absolute atomic E-state index is 4.67. The molecule has 6 rings (SSSR count). The molecule has 7 nitrogen and oxygen atoms in total. The average Bonchev–Trinajstić information content (AvgIpc) is 3.48. The number of aryl methyl sites for hydroxylation is 2. The van der Waals surface area contributed by atoms with Gasteiger partial charge in [-0.25, -0.2) is 0 Å². The molecule has 172 valence electrons. The van der Waals surface area contributed by atoms with Crippen molar-refractivity contribution in [3.63, 3.8) is 0 Å². The van der Waals surface area contributed by atoms with Gasteiger partial charge in [0.15, 0.2) is 0 Å². The lowest BCUT2D eigenvalue weighted by Gasteiger charge is -2.19. The van der Waals surface area contributed by atoms with Gasteiger partial charge < -0.3 is 9.88 Å². The van der Waals surface area contributed by atoms with Crippen LogP contribution in [0.5, 0.6) is 0 Å². The van der Waals surface area contributed by atoms with Crippen LogP contribution in [-0.2, 0) is 14.1 Å². The molecule has 0 saturated heterocycles. The van der Waals surface area contributed by atoms with Crippen molar-refractivity contribution in [2.75, 3.05) is 5.32 Å². The Balaban J connectivity index is 1.43. The molecule has 0 fully saturated rings. The molecule has 0 aliphatic rings. The van der Waals surface area contributed by atoms with E-state index in [1.165, 1.54) is 10.9 Å². The second-order valence-electron chi connectivity index (χ2n) is 8.88. The summed E-state index contributed by atoms with van der Waals surface area (Å²) in [5.41, 5.74) is 9.35. The third kappa shape index (κ3) is 3.81. The van der Waals surface area contributed by atoms with E-state index in [0.717, 1.165) is 44.5 Å². The van der Waals surface area contributed by atoms with Crippen LogP contribution in [0, 0.1) is 0 Å². The summed E-state index contributed by atoms with van der Waals surface area (Å²) in [6, 6.07) is 14.9. The SMILES string of the molecule is CC(Nc1cc(-c2ccc3ccn(C)c3c2)c2nccnc2c1)c1cnccc1-c1cnn(C)c1. The van der Waals surface area contributed by atoms with E-state index in [9.17, 15) is 0 Å². The monoisotopic (exact) mass is 459 g/mol. The van der Waals surface area contributed by atoms with Crippen LogP contribution in [-0.4, -0.2) is 29.3 Å². The van der Waals surface area contributed by atoms with Crippen molar-refractivity contribution in [1.82, 2.24) is 29.3 Å². The Bertz CT molecular complexity index is 1680. The Hall–Kier alpha value is -4.52. The first-order valence-electron chi connectivity index (χ1n) is 11.6. The maximum atomic E-state index is 4.67. The molecule has 0 spiro atoms. The number of pyridine rings is 1. The summed E-state index contributed by atoms with van der Waals surface area (Å²) >= 11 is 0. The Morgan fingerprint density at radius 2 is 1.74 bits per heavy atom. The molecular weight excluding hydrogens is 434 g/mol. The predicted molar refractivity (Wildman–Crippen MR) is 140 cm³/mol. The van der Waals surface area contributed by atoms with E-state index >= 15 is 0 Å². The molecule has 4 heterocycles. The topological polar surface area (TPSA) is 73.5 Å². The number of hydrogen-bond donors (Lipinski definition) is 1. The highest BCUT2D eigenvalue weighted by atomic mass is 15.2. The third-order valence-corrected chi connectivity index (χ3v) is 6.49. The van der Waals surface area contributed by atoms with E-state index in [2.05, 4.69) is 86.5 Å². The Morgan fingerprint density at radius 3 is 2.60 bits per heavy atom. The fraction of sp³-hybridized carbons (Fsp3) is 0.143. The largest absolute Gasteiger partial charge is 0.378 e. The molecule has 1 unspecified atom stereocenters. The van der Waals surface area contributed by atoms with Gasteiger partial charge in [-0.05, 0) is 53.8 Å². The highest BCUT2D eigenvalue weighted by Crippen LogP contribution is 2.34. The van der Waals surface area contributed by atoms with Crippen LogP contribution < -0.4 is 5.32 Å². The number of aromatic nitrogens is 6. The molecular formula is C28H25N7. The van der Waals surface area contributed by atoms with Gasteiger partial charge in [-0.1, -0.05) is 12.1 Å². The fourth-order valence-corrected chi connectivity index (χ4v) is 4.71. The van der Waals surface area contributed by atoms with Gasteiger partial charge in [0.1, 0.15) is 0 Å². The fourth-order valence-electron chi connectivity index (χ4n) is 4.71. The summed E-state index contributed by atoms with van der Waals surface area (Å²) in [5, 5.41) is 9.24. The minimum atomic E-state index is 0.0104. The number of hydrogen-bond acceptors (Lipinski definition) is 5. The zero-order valence-corrected chi connectivity index (χ0v) is 19.8. The van der Waals surface area contributed by atoms with Gasteiger partial charge in [-0.2, -0.15) is 5.10 Å². The van der Waals surface area contributed by atoms with Crippen molar-refractivity contribution in [2.45, 2.75) is 13.0 Å². The standard InChI is InChI=1S/C28H25N7/c1-18(25-16-29-8-6-23(25)21-15-32-35(3)17-21)33-22-13-24(28-26(14-22)30-9-10-31-28)20-5-4-19-7-11-34(2)27(19)12-20/h4-18,33H,1-3H3. The smallest absolute Gasteiger partial charge is 0.0966 e. The highest BCUT2D eigenvalue weighted by molar-refractivity contribution is 5.97. The van der Waals surface area contributed by atoms with Crippen molar-refractivity contribution in [3.8, 4) is 22.3 Å². The quantitative estimate of drug-likeness (QED) is 0.355. The Kier molecular flexibility index (Phi) is 5.03. The normalized spacial score (nSPS) is 12.3. The molecule has 1 N–H and O–H groups in total. The number of rotatable bonds is 5. The van der Waals surface area contributed by atoms with E-state index in [1.54, 1.807) is 12.4 Å². The lowest BCUT2D eigenvalue weighted by atomic mass is 9.98. The molecule has 7 heteroatoms. The Morgan fingerprint density at radius 1 is 0.857 bits per heavy atom. The first-order valence-corrected chi connectivity index (χ1v) is 11.6. The second-order valence-corrected chi connectivity index (χ2v) is 8.88. The predicted octanol–water partition coefficient (Wildman–Crippen LogP) is 5.76. The zero-order valence-electron chi connectivity index (χ0n) is 19.8. The van der Waals surface area contributed by atoms with Gasteiger partial charge in [0, 0.05) is 79.2 Å². The van der Waals surface area contributed by atoms with E-state index in [4.69, 9.17) is 0 Å². The molecule has 0 bridgehead atoms. The van der Waals surface area contributed by atoms with Crippen molar-refractivity contribution >= 4 is 27.6 Å². The van der Waals surface area contributed by atoms with Gasteiger partial charge in [-0.3, -0.25) is 19.6 Å². The van der Waals surface area contributed by atoms with Crippen LogP contribution in [0.2, 0.25) is 0 Å². The van der Waals surface area contributed by atoms with Crippen LogP contribution in [0.25, 0.3) is 44.2 Å². The summed E-state index contributed by atoms with van der Waals surface area (Å²) in [5.74, 6) is 0. The molecule has 6 aromatic rings. The van der Waals surface area contributed by atoms with Crippen LogP contribution in [0.3, 0.4) is 0 Å². The number of anilines is 1. The second kappa shape index (κ2) is 8.36. The average molecular weight is 460 g/mol. The van der Waals surface area contributed by atoms with Crippen molar-refractivity contribution in [1.29, 1.82) is 0 Å². The van der Waals surface area contributed by atoms with Gasteiger partial charge in [0.2, 0.25) is 0 Å². The molecule has 4 aromatic heterocycles. The first kappa shape index (κ1) is 21.0. The summed E-state index contributed by atoms with van der Waals surface area (Å²) in [7, 11) is 3.99. The molecule has 1 atom stereocenters. The molecule has 0 radical (unpaired) electrons. The van der Waals surface area contributed by atoms with Crippen molar-refractivity contribution in [3.05, 3.63) is 91.4 Å². The Labute approximate surface area is 203 Å². The van der Waals surface area contributed by atoms with E-state index in [-0.39, 0.29) is 6.04 Å². The lowest BCUT2D eigenvalue weighted by molar-refractivity contribution is 0.768. The maximum Gasteiger partial charge on any atom is 0.0966 e. The highest BCUT2D eigenvalue weighted by Gasteiger charge is 2.16. The molecule has 0 amide bonds. The lowest BCUT2D eigenvalue weighted by Crippen LogP contribution is -2.09. The summed E-state index contributed by atoms with van der Waals surface area (Å²) in [4.78, 5) is 13.7. The van der Waals surface area contributed by atoms with Gasteiger partial charge in [0.25, 0.3) is 0 Å². The summed E-state index contributed by atoms with van der Waals surface area (Å²) in [6.45, 7) is 2.15. The molecule has 2 aromatic carbocycles. The summed E-state index contributed by atoms with van der Waals surface area (Å²) in [6.07, 6.45) is 13.2. The minimum Gasteiger partial charge on any atom is -0.378 e. The molecule has 35 heavy (non-hydrogen) atoms. The zero-order chi connectivity index (χ0) is 23.9. The van der Waals surface area contributed by atoms with E-state index in [0.29, 0.717) is 0 Å². The van der Waals surface area contributed by atoms with Crippen molar-refractivity contribution < 1.29 is 0 Å². The van der Waals surface area contributed by atoms with E-state index in [1.807, 2.05) is 42.6 Å². The first-order chi connectivity index (χ1) is 17.1. The number of benzene rings is 2. The number of nitrogens with zero attached hydrogens (tertiary/aromatic N) is 6. The van der Waals surface area contributed by atoms with Gasteiger partial charge in [-0.15, -0.1) is 0 Å².